The molecule has 0 aliphatic carbocycles. The molecule has 3 aromatic rings. The van der Waals surface area contributed by atoms with Gasteiger partial charge in [0.1, 0.15) is 23.1 Å². The Morgan fingerprint density at radius 1 is 1.16 bits per heavy atom. The molecule has 1 fully saturated rings. The van der Waals surface area contributed by atoms with Crippen LogP contribution in [0.25, 0.3) is 5.76 Å². The standard InChI is InChI=1S/C23H15ClF2N2O4/c1-32-14-5-6-16(24)15(10-14)21(29)19-20(12-3-2-8-27-11-12)28(23(31)22(19)30)18-9-13(25)4-7-17(18)26/h2-11,20,29H,1H3/b21-19+. The Kier molecular flexibility index (Phi) is 5.63. The van der Waals surface area contributed by atoms with Gasteiger partial charge in [-0.15, -0.1) is 0 Å². The molecule has 1 amide bonds. The summed E-state index contributed by atoms with van der Waals surface area (Å²) in [6.45, 7) is 0. The number of carbonyl (C=O) groups is 2. The molecule has 1 N–H and O–H groups in total. The Labute approximate surface area is 186 Å². The van der Waals surface area contributed by atoms with Crippen LogP contribution in [0, 0.1) is 11.6 Å². The number of hydrogen-bond donors (Lipinski definition) is 1. The van der Waals surface area contributed by atoms with Crippen molar-refractivity contribution in [2.24, 2.45) is 0 Å². The van der Waals surface area contributed by atoms with Crippen molar-refractivity contribution in [1.29, 1.82) is 0 Å². The number of Topliss-reactive ketones (excluding diaryl/α,β-unsaturated/α-hetero) is 1. The second-order valence-corrected chi connectivity index (χ2v) is 7.30. The van der Waals surface area contributed by atoms with Crippen molar-refractivity contribution in [3.05, 3.63) is 94.3 Å². The van der Waals surface area contributed by atoms with Crippen molar-refractivity contribution in [3.63, 3.8) is 0 Å². The fraction of sp³-hybridized carbons (Fsp3) is 0.0870. The molecule has 0 saturated carbocycles. The molecular formula is C23H15ClF2N2O4. The van der Waals surface area contributed by atoms with Gasteiger partial charge in [0.15, 0.2) is 0 Å². The quantitative estimate of drug-likeness (QED) is 0.351. The fourth-order valence-corrected chi connectivity index (χ4v) is 3.77. The Morgan fingerprint density at radius 3 is 2.62 bits per heavy atom. The monoisotopic (exact) mass is 456 g/mol. The topological polar surface area (TPSA) is 79.7 Å². The van der Waals surface area contributed by atoms with E-state index >= 15 is 0 Å². The van der Waals surface area contributed by atoms with E-state index in [1.54, 1.807) is 18.2 Å². The maximum Gasteiger partial charge on any atom is 0.300 e. The van der Waals surface area contributed by atoms with Gasteiger partial charge in [-0.05, 0) is 42.0 Å². The molecule has 1 unspecified atom stereocenters. The van der Waals surface area contributed by atoms with Crippen LogP contribution in [0.5, 0.6) is 5.75 Å². The van der Waals surface area contributed by atoms with E-state index in [-0.39, 0.29) is 16.2 Å². The van der Waals surface area contributed by atoms with E-state index in [0.29, 0.717) is 11.3 Å². The van der Waals surface area contributed by atoms with E-state index in [0.717, 1.165) is 23.1 Å². The average molecular weight is 457 g/mol. The molecule has 6 nitrogen and oxygen atoms in total. The zero-order valence-electron chi connectivity index (χ0n) is 16.6. The zero-order valence-corrected chi connectivity index (χ0v) is 17.3. The van der Waals surface area contributed by atoms with Gasteiger partial charge >= 0.3 is 0 Å². The van der Waals surface area contributed by atoms with Gasteiger partial charge in [-0.25, -0.2) is 8.78 Å². The van der Waals surface area contributed by atoms with Crippen molar-refractivity contribution in [3.8, 4) is 5.75 Å². The molecule has 4 rings (SSSR count). The number of methoxy groups -OCH3 is 1. The number of aliphatic hydroxyl groups excluding tert-OH is 1. The third-order valence-electron chi connectivity index (χ3n) is 5.04. The Hall–Kier alpha value is -3.78. The van der Waals surface area contributed by atoms with E-state index in [1.807, 2.05) is 0 Å². The van der Waals surface area contributed by atoms with Gasteiger partial charge in [0.2, 0.25) is 0 Å². The Morgan fingerprint density at radius 2 is 1.94 bits per heavy atom. The summed E-state index contributed by atoms with van der Waals surface area (Å²) in [6.07, 6.45) is 2.83. The van der Waals surface area contributed by atoms with E-state index < -0.39 is 40.8 Å². The van der Waals surface area contributed by atoms with Crippen LogP contribution in [0.2, 0.25) is 5.02 Å². The molecule has 1 atom stereocenters. The summed E-state index contributed by atoms with van der Waals surface area (Å²) >= 11 is 6.22. The molecule has 162 valence electrons. The molecule has 1 aromatic heterocycles. The summed E-state index contributed by atoms with van der Waals surface area (Å²) in [5, 5.41) is 11.2. The summed E-state index contributed by atoms with van der Waals surface area (Å²) in [4.78, 5) is 30.8. The largest absolute Gasteiger partial charge is 0.507 e. The van der Waals surface area contributed by atoms with Gasteiger partial charge < -0.3 is 9.84 Å². The van der Waals surface area contributed by atoms with Gasteiger partial charge in [0.05, 0.1) is 29.4 Å². The maximum absolute atomic E-state index is 14.6. The molecule has 2 aromatic carbocycles. The minimum absolute atomic E-state index is 0.0395. The van der Waals surface area contributed by atoms with Gasteiger partial charge in [0.25, 0.3) is 11.7 Å². The van der Waals surface area contributed by atoms with E-state index in [9.17, 15) is 23.5 Å². The summed E-state index contributed by atoms with van der Waals surface area (Å²) in [5.74, 6) is -4.17. The number of pyridine rings is 1. The lowest BCUT2D eigenvalue weighted by molar-refractivity contribution is -0.132. The second-order valence-electron chi connectivity index (χ2n) is 6.90. The summed E-state index contributed by atoms with van der Waals surface area (Å²) in [6, 6.07) is 8.78. The lowest BCUT2D eigenvalue weighted by Crippen LogP contribution is -2.30. The number of ketones is 1. The van der Waals surface area contributed by atoms with E-state index in [4.69, 9.17) is 16.3 Å². The van der Waals surface area contributed by atoms with Crippen LogP contribution in [0.15, 0.2) is 66.5 Å². The minimum Gasteiger partial charge on any atom is -0.507 e. The normalized spacial score (nSPS) is 17.6. The number of carbonyl (C=O) groups excluding carboxylic acids is 2. The Bertz CT molecular complexity index is 1260. The fourth-order valence-electron chi connectivity index (χ4n) is 3.56. The second kappa shape index (κ2) is 8.39. The minimum atomic E-state index is -1.28. The number of nitrogens with zero attached hydrogens (tertiary/aromatic N) is 2. The molecule has 1 aliphatic heterocycles. The molecule has 0 spiro atoms. The highest BCUT2D eigenvalue weighted by atomic mass is 35.5. The smallest absolute Gasteiger partial charge is 0.300 e. The van der Waals surface area contributed by atoms with Crippen LogP contribution < -0.4 is 9.64 Å². The van der Waals surface area contributed by atoms with Gasteiger partial charge in [-0.1, -0.05) is 17.7 Å². The lowest BCUT2D eigenvalue weighted by atomic mass is 9.96. The molecule has 1 saturated heterocycles. The van der Waals surface area contributed by atoms with Gasteiger partial charge in [-0.2, -0.15) is 0 Å². The van der Waals surface area contributed by atoms with Crippen LogP contribution in [0.4, 0.5) is 14.5 Å². The first-order valence-electron chi connectivity index (χ1n) is 9.33. The molecule has 0 radical (unpaired) electrons. The summed E-state index contributed by atoms with van der Waals surface area (Å²) in [5.41, 5.74) is -0.452. The van der Waals surface area contributed by atoms with Crippen molar-refractivity contribution >= 4 is 34.7 Å². The molecule has 0 bridgehead atoms. The van der Waals surface area contributed by atoms with Crippen LogP contribution in [0.3, 0.4) is 0 Å². The van der Waals surface area contributed by atoms with Gasteiger partial charge in [0, 0.05) is 24.0 Å². The van der Waals surface area contributed by atoms with Crippen molar-refractivity contribution in [2.45, 2.75) is 6.04 Å². The predicted octanol–water partition coefficient (Wildman–Crippen LogP) is 4.65. The predicted molar refractivity (Wildman–Crippen MR) is 113 cm³/mol. The highest BCUT2D eigenvalue weighted by molar-refractivity contribution is 6.52. The number of rotatable bonds is 4. The Balaban J connectivity index is 2.00. The molecule has 9 heteroatoms. The van der Waals surface area contributed by atoms with E-state index in [1.165, 1.54) is 31.6 Å². The number of aromatic nitrogens is 1. The molecule has 2 heterocycles. The number of aliphatic hydroxyl groups is 1. The first-order valence-corrected chi connectivity index (χ1v) is 9.71. The lowest BCUT2D eigenvalue weighted by Gasteiger charge is -2.25. The molecule has 1 aliphatic rings. The SMILES string of the molecule is COc1ccc(Cl)c(/C(O)=C2\C(=O)C(=O)N(c3cc(F)ccc3F)C2c2cccnc2)c1. The van der Waals surface area contributed by atoms with Crippen molar-refractivity contribution in [1.82, 2.24) is 4.98 Å². The number of amides is 1. The zero-order chi connectivity index (χ0) is 23.0. The summed E-state index contributed by atoms with van der Waals surface area (Å²) < 4.78 is 33.7. The number of halogens is 3. The highest BCUT2D eigenvalue weighted by Crippen LogP contribution is 2.43. The first kappa shape index (κ1) is 21.5. The molecule has 32 heavy (non-hydrogen) atoms. The summed E-state index contributed by atoms with van der Waals surface area (Å²) in [7, 11) is 1.41. The van der Waals surface area contributed by atoms with Crippen molar-refractivity contribution in [2.75, 3.05) is 12.0 Å². The maximum atomic E-state index is 14.6. The van der Waals surface area contributed by atoms with Crippen LogP contribution in [-0.2, 0) is 9.59 Å². The first-order chi connectivity index (χ1) is 15.3. The highest BCUT2D eigenvalue weighted by Gasteiger charge is 2.48. The van der Waals surface area contributed by atoms with Gasteiger partial charge in [-0.3, -0.25) is 19.5 Å². The van der Waals surface area contributed by atoms with E-state index in [2.05, 4.69) is 4.98 Å². The van der Waals surface area contributed by atoms with Crippen LogP contribution in [0.1, 0.15) is 17.2 Å². The average Bonchev–Trinajstić information content (AvgIpc) is 3.06. The number of benzene rings is 2. The van der Waals surface area contributed by atoms with Crippen LogP contribution in [-0.4, -0.2) is 28.9 Å². The van der Waals surface area contributed by atoms with Crippen LogP contribution >= 0.6 is 11.6 Å². The third-order valence-corrected chi connectivity index (χ3v) is 5.37. The number of anilines is 1. The molecular weight excluding hydrogens is 442 g/mol. The number of hydrogen-bond acceptors (Lipinski definition) is 5. The number of ether oxygens (including phenoxy) is 1. The third kappa shape index (κ3) is 3.58. The van der Waals surface area contributed by atoms with Crippen molar-refractivity contribution < 1.29 is 28.2 Å².